The van der Waals surface area contributed by atoms with Crippen molar-refractivity contribution >= 4 is 43.4 Å². The average Bonchev–Trinajstić information content (AvgIpc) is 3.40. The van der Waals surface area contributed by atoms with Crippen LogP contribution in [0, 0.1) is 0 Å². The number of fused-ring (bicyclic) bond motifs is 2. The first-order valence-corrected chi connectivity index (χ1v) is 14.7. The first-order valence-electron chi connectivity index (χ1n) is 12.3. The molecule has 0 bridgehead atoms. The van der Waals surface area contributed by atoms with Crippen LogP contribution in [0.4, 0.5) is 5.69 Å². The van der Waals surface area contributed by atoms with Crippen molar-refractivity contribution in [1.82, 2.24) is 0 Å². The van der Waals surface area contributed by atoms with Crippen LogP contribution < -0.4 is 14.2 Å². The van der Waals surface area contributed by atoms with Gasteiger partial charge in [0.05, 0.1) is 16.7 Å². The number of para-hydroxylation sites is 1. The second kappa shape index (κ2) is 10.6. The van der Waals surface area contributed by atoms with E-state index in [4.69, 9.17) is 4.74 Å². The fourth-order valence-electron chi connectivity index (χ4n) is 4.69. The second-order valence-corrected chi connectivity index (χ2v) is 11.7. The molecule has 1 aromatic heterocycles. The molecular formula is C29H29N2O4S2+. The number of allylic oxidation sites excluding steroid dienone is 2. The average molecular weight is 534 g/mol. The van der Waals surface area contributed by atoms with Crippen LogP contribution in [0.5, 0.6) is 5.75 Å². The maximum Gasteiger partial charge on any atom is 0.301 e. The summed E-state index contributed by atoms with van der Waals surface area (Å²) in [5.74, 6) is 1.34. The Morgan fingerprint density at radius 1 is 1.05 bits per heavy atom. The van der Waals surface area contributed by atoms with E-state index >= 15 is 0 Å². The van der Waals surface area contributed by atoms with E-state index in [-0.39, 0.29) is 12.2 Å². The minimum atomic E-state index is -4.24. The standard InChI is InChI=1S/C29H28N2O4S2/c1-3-30-25-20-23(22-10-5-4-6-11-22)14-15-26(25)35-28(30)18-21(2)19-29-31(16-9-17-37(32,33)34)24-12-7-8-13-27(24)36-29/h4-8,10-15,18-20H,3,9,16-17H2,1-2H3/p+1. The zero-order valence-corrected chi connectivity index (χ0v) is 22.4. The van der Waals surface area contributed by atoms with E-state index in [2.05, 4.69) is 54.0 Å². The Bertz CT molecular complexity index is 1610. The summed E-state index contributed by atoms with van der Waals surface area (Å²) in [6.07, 6.45) is 4.43. The molecule has 1 aliphatic rings. The molecule has 5 rings (SSSR count). The van der Waals surface area contributed by atoms with E-state index in [9.17, 15) is 13.0 Å². The fourth-order valence-corrected chi connectivity index (χ4v) is 6.37. The number of quaternary nitrogens is 1. The van der Waals surface area contributed by atoms with Crippen molar-refractivity contribution in [2.45, 2.75) is 26.8 Å². The van der Waals surface area contributed by atoms with Gasteiger partial charge in [0.1, 0.15) is 4.70 Å². The highest BCUT2D eigenvalue weighted by molar-refractivity contribution is 7.85. The zero-order chi connectivity index (χ0) is 26.0. The van der Waals surface area contributed by atoms with Crippen molar-refractivity contribution < 1.29 is 27.2 Å². The summed E-state index contributed by atoms with van der Waals surface area (Å²) in [5, 5.41) is 0.999. The molecule has 2 heterocycles. The molecule has 0 saturated carbocycles. The second-order valence-electron chi connectivity index (χ2n) is 9.08. The minimum Gasteiger partial charge on any atom is -0.748 e. The number of nitrogens with zero attached hydrogens (tertiary/aromatic N) is 1. The van der Waals surface area contributed by atoms with Gasteiger partial charge < -0.3 is 9.29 Å². The van der Waals surface area contributed by atoms with Gasteiger partial charge in [-0.25, -0.2) is 13.3 Å². The van der Waals surface area contributed by atoms with Gasteiger partial charge in [-0.05, 0) is 42.7 Å². The topological polar surface area (TPSA) is 74.8 Å². The summed E-state index contributed by atoms with van der Waals surface area (Å²) in [6.45, 7) is 5.48. The van der Waals surface area contributed by atoms with E-state index in [1.54, 1.807) is 11.3 Å². The number of ether oxygens (including phenoxy) is 1. The highest BCUT2D eigenvalue weighted by Gasteiger charge is 2.32. The molecule has 1 aliphatic heterocycles. The Morgan fingerprint density at radius 3 is 2.57 bits per heavy atom. The van der Waals surface area contributed by atoms with Crippen LogP contribution in [0.2, 0.25) is 0 Å². The van der Waals surface area contributed by atoms with Gasteiger partial charge in [0.25, 0.3) is 5.01 Å². The molecule has 3 aromatic carbocycles. The first kappa shape index (κ1) is 25.4. The minimum absolute atomic E-state index is 0.272. The van der Waals surface area contributed by atoms with Gasteiger partial charge in [-0.15, -0.1) is 0 Å². The lowest BCUT2D eigenvalue weighted by molar-refractivity contribution is -0.793. The van der Waals surface area contributed by atoms with Gasteiger partial charge in [-0.2, -0.15) is 4.57 Å². The van der Waals surface area contributed by atoms with E-state index in [0.717, 1.165) is 50.2 Å². The smallest absolute Gasteiger partial charge is 0.301 e. The van der Waals surface area contributed by atoms with Crippen LogP contribution in [0.15, 0.2) is 90.3 Å². The molecule has 0 radical (unpaired) electrons. The van der Waals surface area contributed by atoms with Crippen molar-refractivity contribution in [3.05, 3.63) is 95.3 Å². The lowest BCUT2D eigenvalue weighted by Gasteiger charge is -2.10. The summed E-state index contributed by atoms with van der Waals surface area (Å²) in [4.78, 5) is 1.17. The number of benzene rings is 3. The maximum atomic E-state index is 11.1. The predicted octanol–water partition coefficient (Wildman–Crippen LogP) is 4.66. The van der Waals surface area contributed by atoms with E-state index < -0.39 is 10.1 Å². The molecule has 0 fully saturated rings. The molecule has 1 N–H and O–H groups in total. The summed E-state index contributed by atoms with van der Waals surface area (Å²) >= 11 is 1.64. The Morgan fingerprint density at radius 2 is 1.81 bits per heavy atom. The molecule has 0 aliphatic carbocycles. The van der Waals surface area contributed by atoms with E-state index in [1.165, 1.54) is 10.5 Å². The molecular weight excluding hydrogens is 504 g/mol. The Kier molecular flexibility index (Phi) is 7.26. The van der Waals surface area contributed by atoms with E-state index in [1.807, 2.05) is 49.4 Å². The summed E-state index contributed by atoms with van der Waals surface area (Å²) in [5.41, 5.74) is 5.51. The van der Waals surface area contributed by atoms with Crippen LogP contribution in [0.1, 0.15) is 25.3 Å². The Balaban J connectivity index is 1.45. The van der Waals surface area contributed by atoms with Crippen LogP contribution in [-0.4, -0.2) is 25.3 Å². The van der Waals surface area contributed by atoms with Crippen LogP contribution in [-0.2, 0) is 16.7 Å². The number of aryl methyl sites for hydroxylation is 1. The molecule has 8 heteroatoms. The third-order valence-electron chi connectivity index (χ3n) is 6.41. The normalized spacial score (nSPS) is 16.8. The summed E-state index contributed by atoms with van der Waals surface area (Å²) < 4.78 is 42.9. The van der Waals surface area contributed by atoms with Crippen LogP contribution in [0.25, 0.3) is 27.4 Å². The largest absolute Gasteiger partial charge is 0.748 e. The van der Waals surface area contributed by atoms with Crippen molar-refractivity contribution in [3.63, 3.8) is 0 Å². The van der Waals surface area contributed by atoms with Crippen molar-refractivity contribution in [1.29, 1.82) is 0 Å². The monoisotopic (exact) mass is 533 g/mol. The molecule has 37 heavy (non-hydrogen) atoms. The molecule has 0 spiro atoms. The predicted molar refractivity (Wildman–Crippen MR) is 147 cm³/mol. The molecule has 6 nitrogen and oxygen atoms in total. The number of nitrogens with one attached hydrogen (secondary N) is 1. The quantitative estimate of drug-likeness (QED) is 0.264. The lowest BCUT2D eigenvalue weighted by Crippen LogP contribution is -3.04. The third kappa shape index (κ3) is 5.67. The Labute approximate surface area is 221 Å². The van der Waals surface area contributed by atoms with Gasteiger partial charge in [-0.3, -0.25) is 0 Å². The number of rotatable bonds is 8. The molecule has 0 saturated heterocycles. The van der Waals surface area contributed by atoms with Gasteiger partial charge in [0.2, 0.25) is 5.52 Å². The van der Waals surface area contributed by atoms with Gasteiger partial charge in [0.15, 0.2) is 18.0 Å². The van der Waals surface area contributed by atoms with Crippen molar-refractivity contribution in [2.75, 3.05) is 12.3 Å². The lowest BCUT2D eigenvalue weighted by atomic mass is 10.0. The highest BCUT2D eigenvalue weighted by Crippen LogP contribution is 2.33. The third-order valence-corrected chi connectivity index (χ3v) is 8.31. The molecule has 1 atom stereocenters. The van der Waals surface area contributed by atoms with Crippen molar-refractivity contribution in [3.8, 4) is 16.9 Å². The number of aromatic nitrogens is 1. The van der Waals surface area contributed by atoms with E-state index in [0.29, 0.717) is 6.54 Å². The number of hydrogen-bond donors (Lipinski definition) is 1. The summed E-state index contributed by atoms with van der Waals surface area (Å²) in [6, 6.07) is 24.7. The first-order chi connectivity index (χ1) is 17.8. The SMILES string of the molecule is CC[NH+]1C(=CC(C)=Cc2sc3ccccc3[n+]2CCCS(=O)(=O)[O-])Oc2ccc(-c3ccccc3)cc21. The van der Waals surface area contributed by atoms with Gasteiger partial charge >= 0.3 is 5.88 Å². The summed E-state index contributed by atoms with van der Waals surface area (Å²) in [7, 11) is -4.24. The molecule has 0 amide bonds. The number of thiazole rings is 1. The van der Waals surface area contributed by atoms with Crippen molar-refractivity contribution in [2.24, 2.45) is 0 Å². The fraction of sp³-hybridized carbons (Fsp3) is 0.207. The maximum absolute atomic E-state index is 11.1. The van der Waals surface area contributed by atoms with Crippen LogP contribution >= 0.6 is 11.3 Å². The molecule has 1 unspecified atom stereocenters. The van der Waals surface area contributed by atoms with Gasteiger partial charge in [-0.1, -0.05) is 59.9 Å². The molecule has 190 valence electrons. The zero-order valence-electron chi connectivity index (χ0n) is 20.8. The Hall–Kier alpha value is -3.30. The highest BCUT2D eigenvalue weighted by atomic mass is 32.2. The van der Waals surface area contributed by atoms with Crippen LogP contribution in [0.3, 0.4) is 0 Å². The molecule has 4 aromatic rings. The number of hydrogen-bond acceptors (Lipinski definition) is 5. The van der Waals surface area contributed by atoms with Gasteiger partial charge in [0, 0.05) is 36.5 Å².